The van der Waals surface area contributed by atoms with Gasteiger partial charge in [-0.05, 0) is 40.3 Å². The molecule has 1 rings (SSSR count). The summed E-state index contributed by atoms with van der Waals surface area (Å²) in [7, 11) is 0. The Morgan fingerprint density at radius 1 is 1.27 bits per heavy atom. The van der Waals surface area contributed by atoms with Crippen LogP contribution in [0.1, 0.15) is 5.56 Å². The fourth-order valence-corrected chi connectivity index (χ4v) is 1.00. The van der Waals surface area contributed by atoms with Crippen LogP contribution in [-0.4, -0.2) is 0 Å². The molecule has 0 aliphatic heterocycles. The Balaban J connectivity index is 3.31. The summed E-state index contributed by atoms with van der Waals surface area (Å²) in [6, 6.07) is 2.50. The van der Waals surface area contributed by atoms with Crippen molar-refractivity contribution in [3.63, 3.8) is 0 Å². The van der Waals surface area contributed by atoms with E-state index in [1.54, 1.807) is 22.6 Å². The van der Waals surface area contributed by atoms with Crippen LogP contribution in [0, 0.1) is 15.2 Å². The molecule has 0 nitrogen and oxygen atoms in total. The standard InChI is InChI=1S/C8H5F2I/c1-2-5-3-6(9)8(11)7(10)4-5/h2-4H,1H2. The molecular weight excluding hydrogens is 261 g/mol. The third-order valence-corrected chi connectivity index (χ3v) is 2.27. The number of benzene rings is 1. The lowest BCUT2D eigenvalue weighted by atomic mass is 10.2. The molecule has 0 aliphatic rings. The van der Waals surface area contributed by atoms with Crippen molar-refractivity contribution in [1.82, 2.24) is 0 Å². The first kappa shape index (κ1) is 8.64. The Morgan fingerprint density at radius 2 is 1.73 bits per heavy atom. The smallest absolute Gasteiger partial charge is 0.140 e. The molecule has 0 heterocycles. The molecular formula is C8H5F2I. The topological polar surface area (TPSA) is 0 Å². The lowest BCUT2D eigenvalue weighted by Crippen LogP contribution is -1.88. The van der Waals surface area contributed by atoms with Crippen molar-refractivity contribution < 1.29 is 8.78 Å². The van der Waals surface area contributed by atoms with Crippen LogP contribution in [0.15, 0.2) is 18.7 Å². The Morgan fingerprint density at radius 3 is 2.09 bits per heavy atom. The van der Waals surface area contributed by atoms with Crippen LogP contribution >= 0.6 is 22.6 Å². The molecule has 0 atom stereocenters. The Labute approximate surface area is 77.1 Å². The van der Waals surface area contributed by atoms with Gasteiger partial charge in [-0.25, -0.2) is 8.78 Å². The quantitative estimate of drug-likeness (QED) is 0.540. The van der Waals surface area contributed by atoms with Gasteiger partial charge in [0.2, 0.25) is 0 Å². The summed E-state index contributed by atoms with van der Waals surface area (Å²) in [6.45, 7) is 3.41. The SMILES string of the molecule is C=Cc1cc(F)c(I)c(F)c1. The summed E-state index contributed by atoms with van der Waals surface area (Å²) in [6.07, 6.45) is 1.40. The third kappa shape index (κ3) is 1.77. The monoisotopic (exact) mass is 266 g/mol. The second-order valence-electron chi connectivity index (χ2n) is 2.00. The number of hydrogen-bond acceptors (Lipinski definition) is 0. The highest BCUT2D eigenvalue weighted by molar-refractivity contribution is 14.1. The summed E-state index contributed by atoms with van der Waals surface area (Å²) < 4.78 is 25.5. The Hall–Kier alpha value is -0.450. The summed E-state index contributed by atoms with van der Waals surface area (Å²) in [5, 5.41) is 0. The van der Waals surface area contributed by atoms with Crippen LogP contribution in [0.4, 0.5) is 8.78 Å². The van der Waals surface area contributed by atoms with E-state index in [2.05, 4.69) is 6.58 Å². The zero-order valence-corrected chi connectivity index (χ0v) is 7.73. The molecule has 0 fully saturated rings. The molecule has 1 aromatic carbocycles. The largest absolute Gasteiger partial charge is 0.206 e. The number of rotatable bonds is 1. The van der Waals surface area contributed by atoms with E-state index < -0.39 is 11.6 Å². The second-order valence-corrected chi connectivity index (χ2v) is 3.08. The van der Waals surface area contributed by atoms with E-state index in [4.69, 9.17) is 0 Å². The molecule has 11 heavy (non-hydrogen) atoms. The van der Waals surface area contributed by atoms with Gasteiger partial charge in [0.15, 0.2) is 0 Å². The van der Waals surface area contributed by atoms with Crippen molar-refractivity contribution in [3.05, 3.63) is 39.5 Å². The van der Waals surface area contributed by atoms with Gasteiger partial charge in [0.05, 0.1) is 3.57 Å². The van der Waals surface area contributed by atoms with Gasteiger partial charge in [-0.1, -0.05) is 12.7 Å². The first-order valence-corrected chi connectivity index (χ1v) is 4.00. The van der Waals surface area contributed by atoms with Crippen molar-refractivity contribution in [2.24, 2.45) is 0 Å². The molecule has 0 aliphatic carbocycles. The first-order chi connectivity index (χ1) is 5.15. The van der Waals surface area contributed by atoms with Crippen molar-refractivity contribution >= 4 is 28.7 Å². The average Bonchev–Trinajstić information content (AvgIpc) is 1.99. The fraction of sp³-hybridized carbons (Fsp3) is 0. The molecule has 1 aromatic rings. The van der Waals surface area contributed by atoms with Crippen molar-refractivity contribution in [2.45, 2.75) is 0 Å². The van der Waals surface area contributed by atoms with E-state index in [1.165, 1.54) is 18.2 Å². The van der Waals surface area contributed by atoms with Gasteiger partial charge >= 0.3 is 0 Å². The normalized spacial score (nSPS) is 9.73. The van der Waals surface area contributed by atoms with E-state index in [0.717, 1.165) is 0 Å². The highest BCUT2D eigenvalue weighted by Gasteiger charge is 2.05. The summed E-state index contributed by atoms with van der Waals surface area (Å²) in [5.74, 6) is -1.08. The maximum atomic E-state index is 12.7. The molecule has 0 amide bonds. The Bertz CT molecular complexity index is 271. The second kappa shape index (κ2) is 3.30. The van der Waals surface area contributed by atoms with Crippen molar-refractivity contribution in [1.29, 1.82) is 0 Å². The third-order valence-electron chi connectivity index (χ3n) is 1.24. The molecule has 3 heteroatoms. The molecule has 0 spiro atoms. The highest BCUT2D eigenvalue weighted by Crippen LogP contribution is 2.17. The van der Waals surface area contributed by atoms with Gasteiger partial charge in [0.25, 0.3) is 0 Å². The van der Waals surface area contributed by atoms with Crippen molar-refractivity contribution in [3.8, 4) is 0 Å². The molecule has 0 saturated heterocycles. The fourth-order valence-electron chi connectivity index (χ4n) is 0.693. The predicted molar refractivity (Wildman–Crippen MR) is 49.2 cm³/mol. The number of halogens is 3. The maximum absolute atomic E-state index is 12.7. The highest BCUT2D eigenvalue weighted by atomic mass is 127. The lowest BCUT2D eigenvalue weighted by Gasteiger charge is -1.97. The van der Waals surface area contributed by atoms with Crippen LogP contribution < -0.4 is 0 Å². The van der Waals surface area contributed by atoms with Crippen LogP contribution in [0.2, 0.25) is 0 Å². The van der Waals surface area contributed by atoms with Gasteiger partial charge in [0.1, 0.15) is 11.6 Å². The molecule has 0 saturated carbocycles. The zero-order valence-electron chi connectivity index (χ0n) is 5.57. The van der Waals surface area contributed by atoms with E-state index in [0.29, 0.717) is 5.56 Å². The van der Waals surface area contributed by atoms with Crippen LogP contribution in [0.5, 0.6) is 0 Å². The average molecular weight is 266 g/mol. The molecule has 58 valence electrons. The molecule has 0 N–H and O–H groups in total. The van der Waals surface area contributed by atoms with Gasteiger partial charge in [0, 0.05) is 0 Å². The lowest BCUT2D eigenvalue weighted by molar-refractivity contribution is 0.570. The number of hydrogen-bond donors (Lipinski definition) is 0. The summed E-state index contributed by atoms with van der Waals surface area (Å²) in [4.78, 5) is 0. The van der Waals surface area contributed by atoms with Gasteiger partial charge < -0.3 is 0 Å². The van der Waals surface area contributed by atoms with E-state index in [-0.39, 0.29) is 3.57 Å². The zero-order chi connectivity index (χ0) is 8.43. The summed E-state index contributed by atoms with van der Waals surface area (Å²) >= 11 is 1.62. The van der Waals surface area contributed by atoms with Crippen LogP contribution in [0.3, 0.4) is 0 Å². The van der Waals surface area contributed by atoms with E-state index in [1.807, 2.05) is 0 Å². The van der Waals surface area contributed by atoms with E-state index >= 15 is 0 Å². The van der Waals surface area contributed by atoms with E-state index in [9.17, 15) is 8.78 Å². The van der Waals surface area contributed by atoms with Gasteiger partial charge in [-0.3, -0.25) is 0 Å². The van der Waals surface area contributed by atoms with Crippen molar-refractivity contribution in [2.75, 3.05) is 0 Å². The minimum atomic E-state index is -0.541. The molecule has 0 aromatic heterocycles. The maximum Gasteiger partial charge on any atom is 0.140 e. The minimum Gasteiger partial charge on any atom is -0.206 e. The van der Waals surface area contributed by atoms with Crippen LogP contribution in [-0.2, 0) is 0 Å². The van der Waals surface area contributed by atoms with Gasteiger partial charge in [-0.15, -0.1) is 0 Å². The first-order valence-electron chi connectivity index (χ1n) is 2.92. The van der Waals surface area contributed by atoms with Crippen LogP contribution in [0.25, 0.3) is 6.08 Å². The van der Waals surface area contributed by atoms with Gasteiger partial charge in [-0.2, -0.15) is 0 Å². The molecule has 0 bridgehead atoms. The Kier molecular flexibility index (Phi) is 2.59. The molecule has 0 radical (unpaired) electrons. The predicted octanol–water partition coefficient (Wildman–Crippen LogP) is 3.21. The summed E-state index contributed by atoms with van der Waals surface area (Å²) in [5.41, 5.74) is 0.459. The molecule has 0 unspecified atom stereocenters. The minimum absolute atomic E-state index is 0.0215.